The summed E-state index contributed by atoms with van der Waals surface area (Å²) in [5.74, 6) is -0.414. The van der Waals surface area contributed by atoms with Gasteiger partial charge >= 0.3 is 0 Å². The molecule has 23 heavy (non-hydrogen) atoms. The van der Waals surface area contributed by atoms with Gasteiger partial charge in [-0.3, -0.25) is 9.59 Å². The summed E-state index contributed by atoms with van der Waals surface area (Å²) in [6.45, 7) is 0. The van der Waals surface area contributed by atoms with Crippen molar-refractivity contribution in [3.8, 4) is 0 Å². The van der Waals surface area contributed by atoms with Gasteiger partial charge < -0.3 is 5.32 Å². The quantitative estimate of drug-likeness (QED) is 0.665. The Morgan fingerprint density at radius 2 is 1.78 bits per heavy atom. The van der Waals surface area contributed by atoms with Crippen molar-refractivity contribution < 1.29 is 9.59 Å². The lowest BCUT2D eigenvalue weighted by Crippen LogP contribution is -2.31. The Balaban J connectivity index is 1.99. The molecule has 120 valence electrons. The van der Waals surface area contributed by atoms with Gasteiger partial charge in [0.05, 0.1) is 5.69 Å². The minimum absolute atomic E-state index is 0.207. The Labute approximate surface area is 144 Å². The summed E-state index contributed by atoms with van der Waals surface area (Å²) in [6, 6.07) is 5.05. The van der Waals surface area contributed by atoms with Gasteiger partial charge in [0.2, 0.25) is 0 Å². The van der Waals surface area contributed by atoms with E-state index in [4.69, 9.17) is 23.2 Å². The molecule has 4 nitrogen and oxygen atoms in total. The van der Waals surface area contributed by atoms with Crippen molar-refractivity contribution in [3.05, 3.63) is 45.1 Å². The summed E-state index contributed by atoms with van der Waals surface area (Å²) in [5, 5.41) is 3.72. The van der Waals surface area contributed by atoms with Crippen molar-refractivity contribution in [3.63, 3.8) is 0 Å². The van der Waals surface area contributed by atoms with Gasteiger partial charge in [-0.2, -0.15) is 0 Å². The number of hydrogen-bond acceptors (Lipinski definition) is 3. The van der Waals surface area contributed by atoms with Gasteiger partial charge in [0, 0.05) is 23.2 Å². The standard InChI is InChI=1S/C17H16Cl2N2O2/c1-20-15(19)9-10-8-11(6-7-14(10)18)21-16(22)12-4-2-3-5-13(12)17(21)23/h6-9,20H,2-5H2,1H3/b15-9+. The lowest BCUT2D eigenvalue weighted by atomic mass is 9.93. The van der Waals surface area contributed by atoms with Gasteiger partial charge in [0.15, 0.2) is 0 Å². The van der Waals surface area contributed by atoms with E-state index in [-0.39, 0.29) is 11.8 Å². The van der Waals surface area contributed by atoms with Crippen LogP contribution in [0.2, 0.25) is 5.02 Å². The molecule has 6 heteroatoms. The predicted octanol–water partition coefficient (Wildman–Crippen LogP) is 3.84. The summed E-state index contributed by atoms with van der Waals surface area (Å²) in [7, 11) is 1.70. The molecule has 0 aromatic heterocycles. The maximum Gasteiger partial charge on any atom is 0.261 e. The second kappa shape index (κ2) is 6.38. The molecule has 0 fully saturated rings. The van der Waals surface area contributed by atoms with E-state index in [1.54, 1.807) is 31.3 Å². The van der Waals surface area contributed by atoms with Crippen LogP contribution >= 0.6 is 23.2 Å². The number of nitrogens with zero attached hydrogens (tertiary/aromatic N) is 1. The van der Waals surface area contributed by atoms with Gasteiger partial charge in [-0.05, 0) is 55.5 Å². The highest BCUT2D eigenvalue weighted by Crippen LogP contribution is 2.36. The molecule has 0 unspecified atom stereocenters. The molecule has 0 saturated heterocycles. The fraction of sp³-hybridized carbons (Fsp3) is 0.294. The Bertz CT molecular complexity index is 725. The first kappa shape index (κ1) is 16.1. The summed E-state index contributed by atoms with van der Waals surface area (Å²) >= 11 is 12.1. The van der Waals surface area contributed by atoms with Crippen LogP contribution in [0.25, 0.3) is 6.08 Å². The molecule has 1 aliphatic heterocycles. The van der Waals surface area contributed by atoms with Crippen molar-refractivity contribution >= 4 is 46.8 Å². The Hall–Kier alpha value is -1.78. The molecule has 0 atom stereocenters. The van der Waals surface area contributed by atoms with Crippen LogP contribution in [0, 0.1) is 0 Å². The van der Waals surface area contributed by atoms with Crippen molar-refractivity contribution in [2.75, 3.05) is 11.9 Å². The Morgan fingerprint density at radius 3 is 2.35 bits per heavy atom. The number of amides is 2. The first-order valence-electron chi connectivity index (χ1n) is 7.48. The highest BCUT2D eigenvalue weighted by atomic mass is 35.5. The van der Waals surface area contributed by atoms with E-state index in [0.29, 0.717) is 45.4 Å². The molecular weight excluding hydrogens is 335 g/mol. The van der Waals surface area contributed by atoms with Gasteiger partial charge in [-0.1, -0.05) is 23.2 Å². The van der Waals surface area contributed by atoms with Crippen molar-refractivity contribution in [1.82, 2.24) is 5.32 Å². The molecule has 0 radical (unpaired) electrons. The first-order valence-corrected chi connectivity index (χ1v) is 8.24. The lowest BCUT2D eigenvalue weighted by molar-refractivity contribution is -0.120. The number of anilines is 1. The zero-order valence-corrected chi connectivity index (χ0v) is 14.2. The summed E-state index contributed by atoms with van der Waals surface area (Å²) in [5.41, 5.74) is 2.50. The van der Waals surface area contributed by atoms with Crippen molar-refractivity contribution in [2.24, 2.45) is 0 Å². The van der Waals surface area contributed by atoms with Crippen LogP contribution in [0.5, 0.6) is 0 Å². The highest BCUT2D eigenvalue weighted by molar-refractivity contribution is 6.35. The molecular formula is C17H16Cl2N2O2. The SMILES string of the molecule is CN/C(Cl)=C/c1cc(N2C(=O)C3=C(CCCC3)C2=O)ccc1Cl. The van der Waals surface area contributed by atoms with Crippen molar-refractivity contribution in [2.45, 2.75) is 25.7 Å². The molecule has 1 heterocycles. The fourth-order valence-corrected chi connectivity index (χ4v) is 3.25. The van der Waals surface area contributed by atoms with E-state index in [2.05, 4.69) is 5.32 Å². The molecule has 0 spiro atoms. The van der Waals surface area contributed by atoms with Gasteiger partial charge in [-0.25, -0.2) is 4.90 Å². The van der Waals surface area contributed by atoms with E-state index >= 15 is 0 Å². The van der Waals surface area contributed by atoms with Crippen LogP contribution in [0.15, 0.2) is 34.5 Å². The average Bonchev–Trinajstić information content (AvgIpc) is 2.81. The third-order valence-electron chi connectivity index (χ3n) is 4.15. The van der Waals surface area contributed by atoms with E-state index < -0.39 is 0 Å². The molecule has 0 saturated carbocycles. The third kappa shape index (κ3) is 2.89. The zero-order chi connectivity index (χ0) is 16.6. The Morgan fingerprint density at radius 1 is 1.17 bits per heavy atom. The molecule has 2 aliphatic rings. The number of carbonyl (C=O) groups is 2. The van der Waals surface area contributed by atoms with Crippen LogP contribution < -0.4 is 10.2 Å². The number of carbonyl (C=O) groups excluding carboxylic acids is 2. The topological polar surface area (TPSA) is 49.4 Å². The van der Waals surface area contributed by atoms with E-state index in [0.717, 1.165) is 12.8 Å². The van der Waals surface area contributed by atoms with Crippen LogP contribution in [-0.2, 0) is 9.59 Å². The van der Waals surface area contributed by atoms with E-state index in [1.165, 1.54) is 4.90 Å². The summed E-state index contributed by atoms with van der Waals surface area (Å²) in [6.07, 6.45) is 4.94. The normalized spacial score (nSPS) is 18.6. The molecule has 1 aliphatic carbocycles. The van der Waals surface area contributed by atoms with Gasteiger partial charge in [0.1, 0.15) is 5.16 Å². The second-order valence-electron chi connectivity index (χ2n) is 5.56. The molecule has 1 N–H and O–H groups in total. The predicted molar refractivity (Wildman–Crippen MR) is 92.3 cm³/mol. The molecule has 1 aromatic rings. The monoisotopic (exact) mass is 350 g/mol. The third-order valence-corrected chi connectivity index (χ3v) is 4.79. The van der Waals surface area contributed by atoms with E-state index in [9.17, 15) is 9.59 Å². The number of benzene rings is 1. The maximum atomic E-state index is 12.6. The first-order chi connectivity index (χ1) is 11.0. The average molecular weight is 351 g/mol. The maximum absolute atomic E-state index is 12.6. The minimum atomic E-state index is -0.207. The van der Waals surface area contributed by atoms with Gasteiger partial charge in [0.25, 0.3) is 11.8 Å². The highest BCUT2D eigenvalue weighted by Gasteiger charge is 2.39. The molecule has 2 amide bonds. The minimum Gasteiger partial charge on any atom is -0.379 e. The van der Waals surface area contributed by atoms with Gasteiger partial charge in [-0.15, -0.1) is 0 Å². The largest absolute Gasteiger partial charge is 0.379 e. The molecule has 0 bridgehead atoms. The molecule has 3 rings (SSSR count). The summed E-state index contributed by atoms with van der Waals surface area (Å²) < 4.78 is 0. The number of hydrogen-bond donors (Lipinski definition) is 1. The number of rotatable bonds is 3. The zero-order valence-electron chi connectivity index (χ0n) is 12.7. The second-order valence-corrected chi connectivity index (χ2v) is 6.37. The smallest absolute Gasteiger partial charge is 0.261 e. The van der Waals surface area contributed by atoms with Crippen LogP contribution in [0.1, 0.15) is 31.2 Å². The van der Waals surface area contributed by atoms with Crippen LogP contribution in [0.3, 0.4) is 0 Å². The number of imide groups is 1. The fourth-order valence-electron chi connectivity index (χ4n) is 2.96. The van der Waals surface area contributed by atoms with Crippen LogP contribution in [-0.4, -0.2) is 18.9 Å². The Kier molecular flexibility index (Phi) is 4.46. The molecule has 1 aromatic carbocycles. The number of halogens is 2. The summed E-state index contributed by atoms with van der Waals surface area (Å²) in [4.78, 5) is 26.4. The van der Waals surface area contributed by atoms with Crippen molar-refractivity contribution in [1.29, 1.82) is 0 Å². The lowest BCUT2D eigenvalue weighted by Gasteiger charge is -2.16. The van der Waals surface area contributed by atoms with Crippen LogP contribution in [0.4, 0.5) is 5.69 Å². The number of nitrogens with one attached hydrogen (secondary N) is 1. The van der Waals surface area contributed by atoms with E-state index in [1.807, 2.05) is 0 Å².